The molecule has 0 fully saturated rings. The minimum Gasteiger partial charge on any atom is -0.461 e. The topological polar surface area (TPSA) is 74.6 Å². The van der Waals surface area contributed by atoms with Crippen LogP contribution in [0, 0.1) is 5.92 Å². The van der Waals surface area contributed by atoms with Crippen LogP contribution >= 0.6 is 10.7 Å². The monoisotopic (exact) mass is 337 g/mol. The van der Waals surface area contributed by atoms with E-state index in [0.717, 1.165) is 6.42 Å². The summed E-state index contributed by atoms with van der Waals surface area (Å²) in [4.78, 5) is 11.9. The summed E-state index contributed by atoms with van der Waals surface area (Å²) in [5.41, 5.74) is 0.148. The lowest BCUT2D eigenvalue weighted by molar-refractivity contribution is 0.0473. The second-order valence-electron chi connectivity index (χ2n) is 5.00. The molecular formula is C13H20ClNO5S. The second-order valence-corrected chi connectivity index (χ2v) is 7.57. The van der Waals surface area contributed by atoms with E-state index in [2.05, 4.69) is 0 Å². The van der Waals surface area contributed by atoms with Crippen LogP contribution in [0.1, 0.15) is 30.8 Å². The average molecular weight is 338 g/mol. The van der Waals surface area contributed by atoms with Crippen LogP contribution in [-0.4, -0.2) is 39.3 Å². The number of esters is 1. The van der Waals surface area contributed by atoms with E-state index in [-0.39, 0.29) is 17.2 Å². The van der Waals surface area contributed by atoms with Gasteiger partial charge in [0, 0.05) is 30.5 Å². The van der Waals surface area contributed by atoms with Gasteiger partial charge in [0.05, 0.1) is 13.2 Å². The standard InChI is InChI=1S/C13H20ClNO5S/c1-10(2)4-6-20-13(16)12-8-11(21(14,17)18)9-15(12)5-7-19-3/h8-10H,4-7H2,1-3H3. The molecule has 1 aromatic rings. The van der Waals surface area contributed by atoms with Crippen molar-refractivity contribution < 1.29 is 22.7 Å². The van der Waals surface area contributed by atoms with Crippen molar-refractivity contribution in [1.29, 1.82) is 0 Å². The zero-order valence-corrected chi connectivity index (χ0v) is 13.9. The molecule has 1 aromatic heterocycles. The summed E-state index contributed by atoms with van der Waals surface area (Å²) < 4.78 is 34.3. The third kappa shape index (κ3) is 5.68. The lowest BCUT2D eigenvalue weighted by Crippen LogP contribution is -2.15. The molecule has 120 valence electrons. The van der Waals surface area contributed by atoms with Gasteiger partial charge in [-0.25, -0.2) is 13.2 Å². The van der Waals surface area contributed by atoms with E-state index in [4.69, 9.17) is 20.2 Å². The molecule has 0 spiro atoms. The van der Waals surface area contributed by atoms with Crippen LogP contribution in [0.5, 0.6) is 0 Å². The zero-order chi connectivity index (χ0) is 16.0. The lowest BCUT2D eigenvalue weighted by Gasteiger charge is -2.09. The maximum atomic E-state index is 12.0. The Bertz CT molecular complexity index is 579. The van der Waals surface area contributed by atoms with Gasteiger partial charge in [0.1, 0.15) is 10.6 Å². The first-order valence-corrected chi connectivity index (χ1v) is 8.87. The van der Waals surface area contributed by atoms with Gasteiger partial charge in [0.2, 0.25) is 0 Å². The second kappa shape index (κ2) is 7.82. The highest BCUT2D eigenvalue weighted by molar-refractivity contribution is 8.13. The third-order valence-corrected chi connectivity index (χ3v) is 4.15. The van der Waals surface area contributed by atoms with Crippen molar-refractivity contribution in [3.05, 3.63) is 18.0 Å². The molecule has 0 amide bonds. The summed E-state index contributed by atoms with van der Waals surface area (Å²) in [6.07, 6.45) is 2.05. The van der Waals surface area contributed by atoms with Gasteiger partial charge in [0.15, 0.2) is 0 Å². The normalized spacial score (nSPS) is 11.9. The van der Waals surface area contributed by atoms with Crippen molar-refractivity contribution >= 4 is 25.7 Å². The number of hydrogen-bond donors (Lipinski definition) is 0. The van der Waals surface area contributed by atoms with Gasteiger partial charge in [-0.1, -0.05) is 13.8 Å². The largest absolute Gasteiger partial charge is 0.461 e. The van der Waals surface area contributed by atoms with Gasteiger partial charge in [-0.05, 0) is 18.4 Å². The molecule has 0 aliphatic carbocycles. The summed E-state index contributed by atoms with van der Waals surface area (Å²) >= 11 is 0. The maximum Gasteiger partial charge on any atom is 0.354 e. The quantitative estimate of drug-likeness (QED) is 0.537. The van der Waals surface area contributed by atoms with Crippen LogP contribution in [0.15, 0.2) is 17.2 Å². The van der Waals surface area contributed by atoms with Gasteiger partial charge in [-0.15, -0.1) is 0 Å². The number of rotatable bonds is 8. The molecule has 0 N–H and O–H groups in total. The highest BCUT2D eigenvalue weighted by Gasteiger charge is 2.20. The predicted molar refractivity (Wildman–Crippen MR) is 79.1 cm³/mol. The molecule has 0 saturated heterocycles. The summed E-state index contributed by atoms with van der Waals surface area (Å²) in [6, 6.07) is 1.22. The molecule has 0 unspecified atom stereocenters. The number of methoxy groups -OCH3 is 1. The number of nitrogens with zero attached hydrogens (tertiary/aromatic N) is 1. The lowest BCUT2D eigenvalue weighted by atomic mass is 10.1. The molecular weight excluding hydrogens is 318 g/mol. The van der Waals surface area contributed by atoms with Crippen LogP contribution < -0.4 is 0 Å². The van der Waals surface area contributed by atoms with E-state index >= 15 is 0 Å². The van der Waals surface area contributed by atoms with Crippen LogP contribution in [0.2, 0.25) is 0 Å². The van der Waals surface area contributed by atoms with Crippen molar-refractivity contribution in [3.63, 3.8) is 0 Å². The Balaban J connectivity index is 2.91. The van der Waals surface area contributed by atoms with Gasteiger partial charge in [0.25, 0.3) is 9.05 Å². The molecule has 21 heavy (non-hydrogen) atoms. The van der Waals surface area contributed by atoms with Crippen molar-refractivity contribution in [2.24, 2.45) is 5.92 Å². The van der Waals surface area contributed by atoms with E-state index in [1.807, 2.05) is 13.8 Å². The molecule has 0 atom stereocenters. The van der Waals surface area contributed by atoms with Crippen LogP contribution in [0.3, 0.4) is 0 Å². The zero-order valence-electron chi connectivity index (χ0n) is 12.3. The number of ether oxygens (including phenoxy) is 2. The summed E-state index contributed by atoms with van der Waals surface area (Å²) in [5, 5.41) is 0. The maximum absolute atomic E-state index is 12.0. The fourth-order valence-electron chi connectivity index (χ4n) is 1.62. The molecule has 8 heteroatoms. The minimum absolute atomic E-state index is 0.129. The number of carbonyl (C=O) groups excluding carboxylic acids is 1. The van der Waals surface area contributed by atoms with E-state index < -0.39 is 15.0 Å². The van der Waals surface area contributed by atoms with E-state index in [9.17, 15) is 13.2 Å². The van der Waals surface area contributed by atoms with E-state index in [1.54, 1.807) is 0 Å². The molecule has 1 heterocycles. The Morgan fingerprint density at radius 1 is 1.38 bits per heavy atom. The average Bonchev–Trinajstić information content (AvgIpc) is 2.79. The van der Waals surface area contributed by atoms with Gasteiger partial charge in [-0.3, -0.25) is 0 Å². The first-order chi connectivity index (χ1) is 9.75. The van der Waals surface area contributed by atoms with Gasteiger partial charge < -0.3 is 14.0 Å². The highest BCUT2D eigenvalue weighted by Crippen LogP contribution is 2.19. The molecule has 0 aliphatic rings. The Kier molecular flexibility index (Phi) is 6.70. The molecule has 1 rings (SSSR count). The van der Waals surface area contributed by atoms with E-state index in [0.29, 0.717) is 19.1 Å². The first-order valence-electron chi connectivity index (χ1n) is 6.56. The smallest absolute Gasteiger partial charge is 0.354 e. The Labute approximate surface area is 129 Å². The van der Waals surface area contributed by atoms with Crippen LogP contribution in [0.4, 0.5) is 0 Å². The summed E-state index contributed by atoms with van der Waals surface area (Å²) in [7, 11) is 2.93. The fraction of sp³-hybridized carbons (Fsp3) is 0.615. The molecule has 6 nitrogen and oxygen atoms in total. The number of carbonyl (C=O) groups is 1. The molecule has 0 bridgehead atoms. The third-order valence-electron chi connectivity index (χ3n) is 2.83. The van der Waals surface area contributed by atoms with Crippen molar-refractivity contribution in [1.82, 2.24) is 4.57 Å². The van der Waals surface area contributed by atoms with Crippen LogP contribution in [0.25, 0.3) is 0 Å². The fourth-order valence-corrected chi connectivity index (χ4v) is 2.38. The highest BCUT2D eigenvalue weighted by atomic mass is 35.7. The Morgan fingerprint density at radius 2 is 2.05 bits per heavy atom. The van der Waals surface area contributed by atoms with Crippen molar-refractivity contribution in [3.8, 4) is 0 Å². The number of halogens is 1. The Morgan fingerprint density at radius 3 is 2.57 bits per heavy atom. The summed E-state index contributed by atoms with van der Waals surface area (Å²) in [6.45, 7) is 5.00. The SMILES string of the molecule is COCCn1cc(S(=O)(=O)Cl)cc1C(=O)OCCC(C)C. The molecule has 0 aliphatic heterocycles. The molecule has 0 saturated carbocycles. The van der Waals surface area contributed by atoms with Crippen LogP contribution in [-0.2, 0) is 25.1 Å². The van der Waals surface area contributed by atoms with Gasteiger partial charge in [-0.2, -0.15) is 0 Å². The molecule has 0 radical (unpaired) electrons. The molecule has 0 aromatic carbocycles. The Hall–Kier alpha value is -1.05. The van der Waals surface area contributed by atoms with E-state index in [1.165, 1.54) is 23.9 Å². The first kappa shape index (κ1) is 18.0. The predicted octanol–water partition coefficient (Wildman–Crippen LogP) is 2.26. The summed E-state index contributed by atoms with van der Waals surface area (Å²) in [5.74, 6) is -0.157. The minimum atomic E-state index is -3.89. The number of hydrogen-bond acceptors (Lipinski definition) is 5. The van der Waals surface area contributed by atoms with Gasteiger partial charge >= 0.3 is 5.97 Å². The van der Waals surface area contributed by atoms with Crippen molar-refractivity contribution in [2.45, 2.75) is 31.7 Å². The van der Waals surface area contributed by atoms with Crippen molar-refractivity contribution in [2.75, 3.05) is 20.3 Å². The number of aromatic nitrogens is 1.